The molecule has 0 saturated carbocycles. The first-order valence-corrected chi connectivity index (χ1v) is 9.55. The van der Waals surface area contributed by atoms with Gasteiger partial charge in [-0.15, -0.1) is 0 Å². The summed E-state index contributed by atoms with van der Waals surface area (Å²) in [5, 5.41) is 23.4. The van der Waals surface area contributed by atoms with Crippen molar-refractivity contribution in [2.45, 2.75) is 26.0 Å². The van der Waals surface area contributed by atoms with E-state index >= 15 is 0 Å². The first kappa shape index (κ1) is 24.6. The van der Waals surface area contributed by atoms with Gasteiger partial charge in [0.2, 0.25) is 5.91 Å². The van der Waals surface area contributed by atoms with Gasteiger partial charge in [-0.2, -0.15) is 0 Å². The van der Waals surface area contributed by atoms with Crippen molar-refractivity contribution in [3.63, 3.8) is 0 Å². The number of nitro benzene ring substituents is 1. The number of aliphatic hydroxyl groups excluding tert-OH is 1. The number of carbonyl (C=O) groups is 2. The fourth-order valence-corrected chi connectivity index (χ4v) is 2.40. The van der Waals surface area contributed by atoms with Gasteiger partial charge in [-0.25, -0.2) is 9.68 Å². The number of hydrogen-bond acceptors (Lipinski definition) is 11. The second-order valence-corrected chi connectivity index (χ2v) is 6.23. The van der Waals surface area contributed by atoms with Crippen molar-refractivity contribution >= 4 is 17.6 Å². The molecule has 1 heterocycles. The van der Waals surface area contributed by atoms with Crippen molar-refractivity contribution in [1.29, 1.82) is 0 Å². The molecule has 1 amide bonds. The van der Waals surface area contributed by atoms with Gasteiger partial charge < -0.3 is 24.7 Å². The summed E-state index contributed by atoms with van der Waals surface area (Å²) in [5.74, 6) is -0.834. The lowest BCUT2D eigenvalue weighted by Crippen LogP contribution is -2.24. The van der Waals surface area contributed by atoms with Gasteiger partial charge in [0.15, 0.2) is 0 Å². The van der Waals surface area contributed by atoms with Gasteiger partial charge in [-0.3, -0.25) is 19.7 Å². The molecule has 0 spiro atoms. The molecule has 0 aliphatic carbocycles. The first-order valence-electron chi connectivity index (χ1n) is 9.55. The number of aliphatic hydroxyl groups is 1. The average Bonchev–Trinajstić information content (AvgIpc) is 3.26. The molecule has 0 unspecified atom stereocenters. The second kappa shape index (κ2) is 13.6. The maximum absolute atomic E-state index is 11.8. The van der Waals surface area contributed by atoms with Gasteiger partial charge in [-0.1, -0.05) is 6.07 Å². The first-order chi connectivity index (χ1) is 15.0. The minimum absolute atomic E-state index is 0.0169. The molecule has 1 aromatic carbocycles. The predicted octanol–water partition coefficient (Wildman–Crippen LogP) is 0.154. The van der Waals surface area contributed by atoms with E-state index in [2.05, 4.69) is 5.32 Å². The summed E-state index contributed by atoms with van der Waals surface area (Å²) in [6.07, 6.45) is 0.127. The zero-order chi connectivity index (χ0) is 22.5. The van der Waals surface area contributed by atoms with E-state index in [0.29, 0.717) is 24.2 Å². The van der Waals surface area contributed by atoms with Crippen LogP contribution in [0.15, 0.2) is 18.2 Å². The highest BCUT2D eigenvalue weighted by molar-refractivity contribution is 5.76. The fraction of sp³-hybridized carbons (Fsp3) is 0.556. The summed E-state index contributed by atoms with van der Waals surface area (Å²) >= 11 is 0. The van der Waals surface area contributed by atoms with E-state index in [1.807, 2.05) is 0 Å². The van der Waals surface area contributed by atoms with Crippen LogP contribution in [0.25, 0.3) is 0 Å². The summed E-state index contributed by atoms with van der Waals surface area (Å²) in [6.45, 7) is 1.12. The van der Waals surface area contributed by atoms with E-state index in [0.717, 1.165) is 0 Å². The Morgan fingerprint density at radius 2 is 1.81 bits per heavy atom. The van der Waals surface area contributed by atoms with Crippen molar-refractivity contribution in [3.8, 4) is 0 Å². The Hall–Kier alpha value is -2.68. The maximum Gasteiger partial charge on any atom is 0.333 e. The molecule has 1 aromatic rings. The number of nitro groups is 1. The molecule has 13 nitrogen and oxygen atoms in total. The number of ether oxygens (including phenoxy) is 2. The van der Waals surface area contributed by atoms with E-state index in [4.69, 9.17) is 29.1 Å². The van der Waals surface area contributed by atoms with E-state index in [-0.39, 0.29) is 63.0 Å². The smallest absolute Gasteiger partial charge is 0.333 e. The molecule has 1 saturated heterocycles. The quantitative estimate of drug-likeness (QED) is 0.229. The van der Waals surface area contributed by atoms with Crippen LogP contribution in [-0.2, 0) is 46.7 Å². The molecule has 0 aromatic heterocycles. The fourth-order valence-electron chi connectivity index (χ4n) is 2.40. The lowest BCUT2D eigenvalue weighted by Gasteiger charge is -2.10. The zero-order valence-electron chi connectivity index (χ0n) is 16.8. The molecule has 0 atom stereocenters. The zero-order valence-corrected chi connectivity index (χ0v) is 16.8. The number of hydrogen-bond donors (Lipinski definition) is 2. The van der Waals surface area contributed by atoms with E-state index in [1.165, 1.54) is 12.1 Å². The molecule has 1 fully saturated rings. The molecule has 2 N–H and O–H groups in total. The van der Waals surface area contributed by atoms with E-state index in [9.17, 15) is 19.7 Å². The van der Waals surface area contributed by atoms with Crippen molar-refractivity contribution < 1.29 is 43.6 Å². The van der Waals surface area contributed by atoms with Crippen LogP contribution >= 0.6 is 0 Å². The van der Waals surface area contributed by atoms with Crippen LogP contribution in [0, 0.1) is 10.1 Å². The molecule has 2 rings (SSSR count). The highest BCUT2D eigenvalue weighted by Crippen LogP contribution is 2.20. The Bertz CT molecular complexity index is 739. The summed E-state index contributed by atoms with van der Waals surface area (Å²) < 4.78 is 10.5. The molecule has 31 heavy (non-hydrogen) atoms. The van der Waals surface area contributed by atoms with Gasteiger partial charge in [0.1, 0.15) is 18.6 Å². The van der Waals surface area contributed by atoms with Gasteiger partial charge >= 0.3 is 5.97 Å². The van der Waals surface area contributed by atoms with Crippen LogP contribution in [0.3, 0.4) is 0 Å². The minimum Gasteiger partial charge on any atom is -0.391 e. The molecule has 0 radical (unpaired) electrons. The lowest BCUT2D eigenvalue weighted by atomic mass is 10.1. The Labute approximate surface area is 177 Å². The van der Waals surface area contributed by atoms with Crippen LogP contribution in [-0.4, -0.2) is 66.9 Å². The van der Waals surface area contributed by atoms with Crippen molar-refractivity contribution in [2.24, 2.45) is 0 Å². The Morgan fingerprint density at radius 3 is 2.45 bits per heavy atom. The van der Waals surface area contributed by atoms with E-state index < -0.39 is 17.5 Å². The van der Waals surface area contributed by atoms with Crippen molar-refractivity contribution in [1.82, 2.24) is 10.7 Å². The minimum atomic E-state index is -0.577. The number of rotatable bonds is 14. The third kappa shape index (κ3) is 9.33. The van der Waals surface area contributed by atoms with Gasteiger partial charge in [0.05, 0.1) is 49.9 Å². The number of benzene rings is 1. The van der Waals surface area contributed by atoms with Crippen LogP contribution in [0.5, 0.6) is 0 Å². The molecular weight excluding hydrogens is 418 g/mol. The topological polar surface area (TPSA) is 159 Å². The Kier molecular flexibility index (Phi) is 10.8. The molecular formula is C18H25N3O10. The monoisotopic (exact) mass is 443 g/mol. The van der Waals surface area contributed by atoms with Crippen LogP contribution < -0.4 is 5.32 Å². The van der Waals surface area contributed by atoms with Crippen LogP contribution in [0.1, 0.15) is 24.0 Å². The summed E-state index contributed by atoms with van der Waals surface area (Å²) in [4.78, 5) is 48.0. The number of nitrogens with one attached hydrogen (secondary N) is 1. The molecule has 1 aliphatic heterocycles. The SMILES string of the molecule is O=C(CCOCCOCCC(=O)ON1OCCO1)NCc1ccc(CO)c([N+](=O)[O-])c1. The maximum atomic E-state index is 11.8. The van der Waals surface area contributed by atoms with Crippen molar-refractivity contribution in [3.05, 3.63) is 39.4 Å². The number of carbonyl (C=O) groups excluding carboxylic acids is 2. The lowest BCUT2D eigenvalue weighted by molar-refractivity contribution is -0.460. The summed E-state index contributed by atoms with van der Waals surface area (Å²) in [6, 6.07) is 4.38. The molecule has 13 heteroatoms. The standard InChI is InChI=1S/C18H25N3O10/c22-13-15-2-1-14(11-16(15)20(25)26)12-19-17(23)3-5-27-7-8-28-6-4-18(24)31-21-29-9-10-30-21/h1-2,11,22H,3-10,12-13H2,(H,19,23). The van der Waals surface area contributed by atoms with E-state index in [1.54, 1.807) is 6.07 Å². The third-order valence-corrected chi connectivity index (χ3v) is 3.96. The molecule has 0 bridgehead atoms. The third-order valence-electron chi connectivity index (χ3n) is 3.96. The molecule has 1 aliphatic rings. The normalized spacial score (nSPS) is 13.8. The van der Waals surface area contributed by atoms with Crippen LogP contribution in [0.4, 0.5) is 5.69 Å². The summed E-state index contributed by atoms with van der Waals surface area (Å²) in [7, 11) is 0. The largest absolute Gasteiger partial charge is 0.391 e. The van der Waals surface area contributed by atoms with Gasteiger partial charge in [0.25, 0.3) is 5.69 Å². The average molecular weight is 443 g/mol. The summed E-state index contributed by atoms with van der Waals surface area (Å²) in [5.41, 5.74) is 0.568. The van der Waals surface area contributed by atoms with Crippen molar-refractivity contribution in [2.75, 3.05) is 39.6 Å². The second-order valence-electron chi connectivity index (χ2n) is 6.23. The van der Waals surface area contributed by atoms with Gasteiger partial charge in [0, 0.05) is 19.0 Å². The number of nitrogens with zero attached hydrogens (tertiary/aromatic N) is 2. The Balaban J connectivity index is 1.49. The highest BCUT2D eigenvalue weighted by Gasteiger charge is 2.18. The van der Waals surface area contributed by atoms with Gasteiger partial charge in [-0.05, 0) is 11.6 Å². The predicted molar refractivity (Wildman–Crippen MR) is 102 cm³/mol. The van der Waals surface area contributed by atoms with Crippen LogP contribution in [0.2, 0.25) is 0 Å². The number of amides is 1. The molecule has 172 valence electrons. The Morgan fingerprint density at radius 1 is 1.13 bits per heavy atom. The highest BCUT2D eigenvalue weighted by atomic mass is 17.2.